The molecule has 0 bridgehead atoms. The highest BCUT2D eigenvalue weighted by Gasteiger charge is 2.22. The van der Waals surface area contributed by atoms with Gasteiger partial charge in [-0.2, -0.15) is 5.10 Å². The number of hydrogen-bond acceptors (Lipinski definition) is 12. The summed E-state index contributed by atoms with van der Waals surface area (Å²) in [7, 11) is 0. The van der Waals surface area contributed by atoms with Crippen molar-refractivity contribution in [2.24, 2.45) is 0 Å². The number of ether oxygens (including phenoxy) is 6. The predicted octanol–water partition coefficient (Wildman–Crippen LogP) is 3.78. The molecule has 0 aliphatic carbocycles. The summed E-state index contributed by atoms with van der Waals surface area (Å²) in [6.45, 7) is 10.1. The van der Waals surface area contributed by atoms with Crippen molar-refractivity contribution in [1.29, 1.82) is 0 Å². The number of aromatic amines is 1. The summed E-state index contributed by atoms with van der Waals surface area (Å²) in [5.74, 6) is 0.463. The van der Waals surface area contributed by atoms with E-state index in [0.29, 0.717) is 121 Å². The van der Waals surface area contributed by atoms with Crippen molar-refractivity contribution in [3.8, 4) is 11.3 Å². The molecule has 1 aliphatic rings. The number of nitrogens with two attached hydrogens (primary N) is 1. The third-order valence-electron chi connectivity index (χ3n) is 8.87. The highest BCUT2D eigenvalue weighted by atomic mass is 16.6. The van der Waals surface area contributed by atoms with E-state index in [9.17, 15) is 4.79 Å². The molecule has 0 unspecified atom stereocenters. The second kappa shape index (κ2) is 20.1. The lowest BCUT2D eigenvalue weighted by Crippen LogP contribution is -2.36. The Morgan fingerprint density at radius 2 is 1.49 bits per heavy atom. The maximum Gasteiger partial charge on any atom is 0.225 e. The molecule has 0 atom stereocenters. The Bertz CT molecular complexity index is 1900. The second-order valence-electron chi connectivity index (χ2n) is 12.7. The van der Waals surface area contributed by atoms with E-state index in [-0.39, 0.29) is 5.91 Å². The van der Waals surface area contributed by atoms with Crippen molar-refractivity contribution < 1.29 is 33.2 Å². The van der Waals surface area contributed by atoms with Crippen LogP contribution < -0.4 is 5.73 Å². The molecule has 15 nitrogen and oxygen atoms in total. The molecule has 1 aromatic carbocycles. The average molecular weight is 731 g/mol. The SMILES string of the molecule is CCCOCCOCCOCCOCCOCCOCCC(=O)N1CCc2cc(Cn3nc(-c4cnc5[nH]ccc5c4)c4c(N)ncnc43)ccc2C1. The van der Waals surface area contributed by atoms with Gasteiger partial charge in [-0.15, -0.1) is 0 Å². The first-order chi connectivity index (χ1) is 26.1. The Morgan fingerprint density at radius 1 is 0.811 bits per heavy atom. The maximum atomic E-state index is 13.0. The molecular formula is C38H50N8O7. The molecule has 0 spiro atoms. The topological polar surface area (TPSA) is 174 Å². The highest BCUT2D eigenvalue weighted by Crippen LogP contribution is 2.32. The van der Waals surface area contributed by atoms with Gasteiger partial charge >= 0.3 is 0 Å². The van der Waals surface area contributed by atoms with E-state index >= 15 is 0 Å². The van der Waals surface area contributed by atoms with E-state index in [2.05, 4.69) is 45.1 Å². The fourth-order valence-corrected chi connectivity index (χ4v) is 6.17. The second-order valence-corrected chi connectivity index (χ2v) is 12.7. The molecule has 4 aromatic heterocycles. The number of rotatable bonds is 23. The average Bonchev–Trinajstić information content (AvgIpc) is 3.80. The Morgan fingerprint density at radius 3 is 2.19 bits per heavy atom. The van der Waals surface area contributed by atoms with Gasteiger partial charge in [-0.1, -0.05) is 25.1 Å². The quantitative estimate of drug-likeness (QED) is 0.0933. The summed E-state index contributed by atoms with van der Waals surface area (Å²) in [4.78, 5) is 31.3. The number of hydrogen-bond donors (Lipinski definition) is 2. The fraction of sp³-hybridized carbons (Fsp3) is 0.500. The third kappa shape index (κ3) is 10.8. The van der Waals surface area contributed by atoms with Gasteiger partial charge in [0.15, 0.2) is 5.65 Å². The van der Waals surface area contributed by atoms with Crippen LogP contribution in [0.4, 0.5) is 5.82 Å². The summed E-state index contributed by atoms with van der Waals surface area (Å²) in [5.41, 5.74) is 12.8. The fourth-order valence-electron chi connectivity index (χ4n) is 6.17. The summed E-state index contributed by atoms with van der Waals surface area (Å²) >= 11 is 0. The van der Waals surface area contributed by atoms with Gasteiger partial charge < -0.3 is 44.0 Å². The van der Waals surface area contributed by atoms with Crippen LogP contribution in [0.25, 0.3) is 33.3 Å². The van der Waals surface area contributed by atoms with Gasteiger partial charge in [-0.05, 0) is 41.7 Å². The number of fused-ring (bicyclic) bond motifs is 3. The summed E-state index contributed by atoms with van der Waals surface area (Å²) < 4.78 is 34.9. The molecule has 1 aliphatic heterocycles. The van der Waals surface area contributed by atoms with Crippen molar-refractivity contribution in [2.75, 3.05) is 91.6 Å². The molecule has 0 fully saturated rings. The number of carbonyl (C=O) groups excluding carboxylic acids is 1. The minimum atomic E-state index is 0.0870. The van der Waals surface area contributed by atoms with E-state index in [1.165, 1.54) is 11.9 Å². The first kappa shape index (κ1) is 38.2. The van der Waals surface area contributed by atoms with Crippen molar-refractivity contribution >= 4 is 33.8 Å². The minimum absolute atomic E-state index is 0.0870. The predicted molar refractivity (Wildman–Crippen MR) is 199 cm³/mol. The van der Waals surface area contributed by atoms with E-state index in [4.69, 9.17) is 39.3 Å². The monoisotopic (exact) mass is 730 g/mol. The third-order valence-corrected chi connectivity index (χ3v) is 8.87. The van der Waals surface area contributed by atoms with Crippen molar-refractivity contribution in [3.63, 3.8) is 0 Å². The minimum Gasteiger partial charge on any atom is -0.383 e. The van der Waals surface area contributed by atoms with Gasteiger partial charge in [0, 0.05) is 43.0 Å². The van der Waals surface area contributed by atoms with Crippen LogP contribution in [-0.2, 0) is 52.7 Å². The number of carbonyl (C=O) groups is 1. The van der Waals surface area contributed by atoms with Crippen LogP contribution in [0.15, 0.2) is 49.1 Å². The van der Waals surface area contributed by atoms with Crippen molar-refractivity contribution in [1.82, 2.24) is 34.6 Å². The Balaban J connectivity index is 0.865. The van der Waals surface area contributed by atoms with Crippen LogP contribution >= 0.6 is 0 Å². The molecule has 1 amide bonds. The molecule has 15 heteroatoms. The molecular weight excluding hydrogens is 680 g/mol. The molecule has 0 saturated heterocycles. The normalized spacial score (nSPS) is 13.0. The van der Waals surface area contributed by atoms with Gasteiger partial charge in [0.2, 0.25) is 5.91 Å². The molecule has 284 valence electrons. The summed E-state index contributed by atoms with van der Waals surface area (Å²) in [6, 6.07) is 10.4. The molecule has 53 heavy (non-hydrogen) atoms. The van der Waals surface area contributed by atoms with E-state index < -0.39 is 0 Å². The van der Waals surface area contributed by atoms with Crippen LogP contribution in [0.1, 0.15) is 36.5 Å². The maximum absolute atomic E-state index is 13.0. The standard InChI is InChI=1S/C38H50N8O7/c1-2-10-48-12-14-50-16-18-52-20-21-53-19-17-51-15-13-49-11-7-33(47)45-9-6-29-22-28(3-4-31(29)26-45)25-46-38-34(36(39)42-27-43-38)35(44-46)32-23-30-5-8-40-37(30)41-24-32/h3-5,8,22-24,27H,2,6-7,9-21,25-26H2,1H3,(H,40,41)(H2,39,42,43). The molecule has 6 rings (SSSR count). The number of amides is 1. The lowest BCUT2D eigenvalue weighted by molar-refractivity contribution is -0.133. The molecule has 5 heterocycles. The van der Waals surface area contributed by atoms with Gasteiger partial charge in [-0.3, -0.25) is 4.79 Å². The molecule has 0 radical (unpaired) electrons. The summed E-state index contributed by atoms with van der Waals surface area (Å²) in [5, 5.41) is 6.63. The number of aromatic nitrogens is 6. The van der Waals surface area contributed by atoms with Gasteiger partial charge in [-0.25, -0.2) is 19.6 Å². The van der Waals surface area contributed by atoms with Gasteiger partial charge in [0.1, 0.15) is 23.5 Å². The Hall–Kier alpha value is -4.51. The number of nitrogen functional groups attached to an aromatic ring is 1. The molecule has 5 aromatic rings. The number of H-pyrrole nitrogens is 1. The molecule has 0 saturated carbocycles. The summed E-state index contributed by atoms with van der Waals surface area (Å²) in [6.07, 6.45) is 7.24. The Kier molecular flexibility index (Phi) is 14.5. The Labute approximate surface area is 309 Å². The zero-order valence-electron chi connectivity index (χ0n) is 30.5. The van der Waals surface area contributed by atoms with Crippen LogP contribution in [0, 0.1) is 0 Å². The van der Waals surface area contributed by atoms with Gasteiger partial charge in [0.05, 0.1) is 91.0 Å². The van der Waals surface area contributed by atoms with Crippen molar-refractivity contribution in [3.05, 3.63) is 65.7 Å². The number of nitrogens with zero attached hydrogens (tertiary/aromatic N) is 6. The van der Waals surface area contributed by atoms with E-state index in [1.807, 2.05) is 27.9 Å². The van der Waals surface area contributed by atoms with Crippen LogP contribution in [0.3, 0.4) is 0 Å². The number of nitrogens with one attached hydrogen (secondary N) is 1. The first-order valence-electron chi connectivity index (χ1n) is 18.4. The first-order valence-corrected chi connectivity index (χ1v) is 18.4. The number of benzene rings is 1. The smallest absolute Gasteiger partial charge is 0.225 e. The molecule has 3 N–H and O–H groups in total. The largest absolute Gasteiger partial charge is 0.383 e. The lowest BCUT2D eigenvalue weighted by Gasteiger charge is -2.29. The lowest BCUT2D eigenvalue weighted by atomic mass is 9.97. The highest BCUT2D eigenvalue weighted by molar-refractivity contribution is 5.99. The van der Waals surface area contributed by atoms with Crippen LogP contribution in [-0.4, -0.2) is 126 Å². The zero-order valence-corrected chi connectivity index (χ0v) is 30.5. The van der Waals surface area contributed by atoms with Crippen molar-refractivity contribution in [2.45, 2.75) is 39.3 Å². The number of anilines is 1. The van der Waals surface area contributed by atoms with Gasteiger partial charge in [0.25, 0.3) is 0 Å². The number of pyridine rings is 1. The van der Waals surface area contributed by atoms with E-state index in [0.717, 1.165) is 47.2 Å². The van der Waals surface area contributed by atoms with Crippen LogP contribution in [0.2, 0.25) is 0 Å². The zero-order chi connectivity index (χ0) is 36.7. The van der Waals surface area contributed by atoms with E-state index in [1.54, 1.807) is 6.20 Å². The van der Waals surface area contributed by atoms with Crippen LogP contribution in [0.5, 0.6) is 0 Å².